The van der Waals surface area contributed by atoms with Crippen LogP contribution in [0.2, 0.25) is 0 Å². The quantitative estimate of drug-likeness (QED) is 0.122. The van der Waals surface area contributed by atoms with Crippen LogP contribution in [0.15, 0.2) is 109 Å². The van der Waals surface area contributed by atoms with E-state index < -0.39 is 5.60 Å². The van der Waals surface area contributed by atoms with Crippen LogP contribution in [-0.4, -0.2) is 76.7 Å². The number of rotatable bonds is 11. The average Bonchev–Trinajstić information content (AvgIpc) is 4.09. The highest BCUT2D eigenvalue weighted by atomic mass is 16.6. The standard InChI is InChI=1S/C71H87N3O5/c1-46(2)12-11-13-47(3)60-28-29-62-57-26-20-50-44-54(30-33-69(50,6)63(57)32-34-70(60,62)7)78-67(75)74-38-36-72(37-39-74)52-23-27-61-59(45-52)64-55-14-9-10-15-56(55)66-58(65(64)68(61,4)5)31-35-71(79-66,49-18-24-53(76-8)25-19-49)48-16-21-51(22-17-48)73-40-42-77-43-41-73/h9-10,14-25,27,31,35,45-47,54,57,60,62-63H,11-13,26,28-30,32-34,36-44H2,1-8H3/t47-,54+,57+,60-,62+,63+,69+,70-,71?/m1/s1. The summed E-state index contributed by atoms with van der Waals surface area (Å²) in [5.74, 6) is 6.67. The number of hydrogen-bond donors (Lipinski definition) is 0. The zero-order valence-corrected chi connectivity index (χ0v) is 48.8. The smallest absolute Gasteiger partial charge is 0.410 e. The number of hydrogen-bond acceptors (Lipinski definition) is 7. The zero-order chi connectivity index (χ0) is 54.4. The SMILES string of the molecule is COc1ccc(C2(c3ccc(N4CCOCC4)cc3)C=Cc3c4c(c5ccccc5c3O2)-c2cc(N3CCN(C(=O)O[C@H]5CC[C@@]6(C)C(=CC[C@H]7[C@@H]8CC[C@H]([C@H](C)CCCC(C)C)[C@@]8(C)CC[C@@H]76)C5)CC3)ccc2C4(C)C)cc1. The molecule has 2 saturated heterocycles. The van der Waals surface area contributed by atoms with Gasteiger partial charge in [0.1, 0.15) is 17.6 Å². The Labute approximate surface area is 471 Å². The van der Waals surface area contributed by atoms with Crippen molar-refractivity contribution < 1.29 is 23.7 Å². The second-order valence-corrected chi connectivity index (χ2v) is 27.0. The van der Waals surface area contributed by atoms with Crippen LogP contribution in [0.5, 0.6) is 11.5 Å². The molecule has 3 aliphatic heterocycles. The number of ether oxygens (including phenoxy) is 4. The molecular formula is C71H87N3O5. The number of piperazine rings is 1. The van der Waals surface area contributed by atoms with Crippen LogP contribution < -0.4 is 19.3 Å². The van der Waals surface area contributed by atoms with Gasteiger partial charge in [0.25, 0.3) is 0 Å². The van der Waals surface area contributed by atoms with Crippen LogP contribution in [-0.2, 0) is 20.5 Å². The first-order valence-corrected chi connectivity index (χ1v) is 30.8. The molecule has 5 fully saturated rings. The summed E-state index contributed by atoms with van der Waals surface area (Å²) in [4.78, 5) is 20.9. The van der Waals surface area contributed by atoms with Crippen LogP contribution in [0.25, 0.3) is 28.0 Å². The molecule has 79 heavy (non-hydrogen) atoms. The van der Waals surface area contributed by atoms with Crippen LogP contribution in [0.3, 0.4) is 0 Å². The van der Waals surface area contributed by atoms with Gasteiger partial charge >= 0.3 is 6.09 Å². The topological polar surface area (TPSA) is 63.7 Å². The Hall–Kier alpha value is -5.73. The summed E-state index contributed by atoms with van der Waals surface area (Å²) in [6.07, 6.45) is 21.1. The number of carbonyl (C=O) groups is 1. The summed E-state index contributed by atoms with van der Waals surface area (Å²) in [7, 11) is 1.71. The van der Waals surface area contributed by atoms with E-state index >= 15 is 0 Å². The van der Waals surface area contributed by atoms with Crippen LogP contribution in [0.4, 0.5) is 16.2 Å². The van der Waals surface area contributed by atoms with Crippen molar-refractivity contribution in [2.45, 2.75) is 136 Å². The maximum atomic E-state index is 14.1. The summed E-state index contributed by atoms with van der Waals surface area (Å²) in [6, 6.07) is 33.2. The molecule has 0 spiro atoms. The number of methoxy groups -OCH3 is 1. The van der Waals surface area contributed by atoms with Crippen molar-refractivity contribution in [1.82, 2.24) is 4.90 Å². The van der Waals surface area contributed by atoms with Gasteiger partial charge in [-0.1, -0.05) is 140 Å². The Kier molecular flexibility index (Phi) is 13.6. The van der Waals surface area contributed by atoms with E-state index in [1.807, 2.05) is 17.0 Å². The van der Waals surface area contributed by atoms with Gasteiger partial charge in [-0.3, -0.25) is 0 Å². The van der Waals surface area contributed by atoms with Gasteiger partial charge in [0.15, 0.2) is 5.60 Å². The Balaban J connectivity index is 0.707. The second-order valence-electron chi connectivity index (χ2n) is 27.0. The van der Waals surface area contributed by atoms with E-state index in [4.69, 9.17) is 18.9 Å². The van der Waals surface area contributed by atoms with Crippen molar-refractivity contribution in [1.29, 1.82) is 0 Å². The van der Waals surface area contributed by atoms with Gasteiger partial charge in [-0.05, 0) is 161 Å². The first-order chi connectivity index (χ1) is 38.2. The van der Waals surface area contributed by atoms with E-state index in [1.54, 1.807) is 12.7 Å². The summed E-state index contributed by atoms with van der Waals surface area (Å²) >= 11 is 0. The molecule has 416 valence electrons. The highest BCUT2D eigenvalue weighted by Crippen LogP contribution is 2.68. The Morgan fingerprint density at radius 2 is 1.46 bits per heavy atom. The minimum Gasteiger partial charge on any atom is -0.497 e. The molecular weight excluding hydrogens is 975 g/mol. The minimum absolute atomic E-state index is 0.0373. The lowest BCUT2D eigenvalue weighted by Gasteiger charge is -2.58. The third kappa shape index (κ3) is 8.81. The minimum atomic E-state index is -0.880. The lowest BCUT2D eigenvalue weighted by Crippen LogP contribution is -2.52. The molecule has 0 bridgehead atoms. The molecule has 9 atom stereocenters. The second kappa shape index (κ2) is 20.4. The fourth-order valence-electron chi connectivity index (χ4n) is 17.8. The average molecular weight is 1060 g/mol. The number of anilines is 2. The predicted octanol–water partition coefficient (Wildman–Crippen LogP) is 16.0. The largest absolute Gasteiger partial charge is 0.497 e. The van der Waals surface area contributed by atoms with Crippen LogP contribution in [0, 0.1) is 46.3 Å². The van der Waals surface area contributed by atoms with Crippen molar-refractivity contribution in [3.8, 4) is 22.6 Å². The Morgan fingerprint density at radius 3 is 2.19 bits per heavy atom. The van der Waals surface area contributed by atoms with Crippen molar-refractivity contribution in [3.05, 3.63) is 137 Å². The van der Waals surface area contributed by atoms with E-state index in [0.717, 1.165) is 128 Å². The lowest BCUT2D eigenvalue weighted by atomic mass is 9.47. The summed E-state index contributed by atoms with van der Waals surface area (Å²) in [5, 5.41) is 2.30. The van der Waals surface area contributed by atoms with Gasteiger partial charge in [-0.25, -0.2) is 4.79 Å². The number of fused-ring (bicyclic) bond motifs is 13. The molecule has 5 aromatic rings. The van der Waals surface area contributed by atoms with Crippen LogP contribution in [0.1, 0.15) is 147 Å². The van der Waals surface area contributed by atoms with Crippen molar-refractivity contribution in [2.75, 3.05) is 69.4 Å². The van der Waals surface area contributed by atoms with Gasteiger partial charge in [0, 0.05) is 84.6 Å². The highest BCUT2D eigenvalue weighted by molar-refractivity contribution is 6.09. The number of allylic oxidation sites excluding steroid dienone is 1. The van der Waals surface area contributed by atoms with Crippen LogP contribution >= 0.6 is 0 Å². The van der Waals surface area contributed by atoms with Gasteiger partial charge in [-0.15, -0.1) is 0 Å². The van der Waals surface area contributed by atoms with E-state index in [0.29, 0.717) is 18.5 Å². The highest BCUT2D eigenvalue weighted by Gasteiger charge is 2.59. The van der Waals surface area contributed by atoms with E-state index in [-0.39, 0.29) is 23.0 Å². The fraction of sp³-hybridized carbons (Fsp3) is 0.535. The Bertz CT molecular complexity index is 3160. The van der Waals surface area contributed by atoms with E-state index in [1.165, 1.54) is 90.4 Å². The van der Waals surface area contributed by atoms with Crippen molar-refractivity contribution in [2.24, 2.45) is 46.3 Å². The first-order valence-electron chi connectivity index (χ1n) is 30.8. The van der Waals surface area contributed by atoms with E-state index in [2.05, 4.69) is 155 Å². The molecule has 8 aliphatic rings. The number of carbonyl (C=O) groups excluding carboxylic acids is 1. The zero-order valence-electron chi connectivity index (χ0n) is 48.8. The van der Waals surface area contributed by atoms with Gasteiger partial charge in [0.05, 0.1) is 20.3 Å². The van der Waals surface area contributed by atoms with Gasteiger partial charge in [-0.2, -0.15) is 0 Å². The molecule has 0 N–H and O–H groups in total. The third-order valence-electron chi connectivity index (χ3n) is 22.1. The first kappa shape index (κ1) is 52.6. The maximum absolute atomic E-state index is 14.1. The number of morpholine rings is 1. The molecule has 0 aromatic heterocycles. The van der Waals surface area contributed by atoms with Gasteiger partial charge in [0.2, 0.25) is 0 Å². The van der Waals surface area contributed by atoms with Crippen molar-refractivity contribution >= 4 is 34.3 Å². The molecule has 13 rings (SSSR count). The number of benzene rings is 5. The molecule has 5 aliphatic carbocycles. The molecule has 0 radical (unpaired) electrons. The van der Waals surface area contributed by atoms with Crippen molar-refractivity contribution in [3.63, 3.8) is 0 Å². The van der Waals surface area contributed by atoms with Gasteiger partial charge < -0.3 is 33.6 Å². The number of amides is 1. The molecule has 8 nitrogen and oxygen atoms in total. The molecule has 1 amide bonds. The predicted molar refractivity (Wildman–Crippen MR) is 322 cm³/mol. The molecule has 5 aromatic carbocycles. The fourth-order valence-corrected chi connectivity index (χ4v) is 17.8. The third-order valence-corrected chi connectivity index (χ3v) is 22.1. The Morgan fingerprint density at radius 1 is 0.747 bits per heavy atom. The van der Waals surface area contributed by atoms with E-state index in [9.17, 15) is 4.79 Å². The summed E-state index contributed by atoms with van der Waals surface area (Å²) in [6.45, 7) is 23.5. The summed E-state index contributed by atoms with van der Waals surface area (Å²) in [5.41, 5.74) is 12.0. The molecule has 3 saturated carbocycles. The lowest BCUT2D eigenvalue weighted by molar-refractivity contribution is -0.0593. The molecule has 8 heteroatoms. The maximum Gasteiger partial charge on any atom is 0.410 e. The normalized spacial score (nSPS) is 29.9. The number of nitrogens with zero attached hydrogens (tertiary/aromatic N) is 3. The monoisotopic (exact) mass is 1060 g/mol. The summed E-state index contributed by atoms with van der Waals surface area (Å²) < 4.78 is 25.4. The molecule has 3 heterocycles. The molecule has 1 unspecified atom stereocenters.